The molecule has 3 N–H and O–H groups in total. The Kier molecular flexibility index (Phi) is 5.71. The first-order valence-electron chi connectivity index (χ1n) is 6.61. The van der Waals surface area contributed by atoms with E-state index in [1.54, 1.807) is 12.1 Å². The number of amides is 1. The van der Waals surface area contributed by atoms with Crippen LogP contribution in [0.25, 0.3) is 0 Å². The molecular formula is C14H22N2O3S. The summed E-state index contributed by atoms with van der Waals surface area (Å²) in [6.45, 7) is 6.08. The Balaban J connectivity index is 2.52. The molecule has 0 saturated carbocycles. The van der Waals surface area contributed by atoms with Crippen molar-refractivity contribution in [1.29, 1.82) is 0 Å². The minimum atomic E-state index is -3.66. The number of benzene rings is 1. The molecule has 0 aliphatic rings. The van der Waals surface area contributed by atoms with Crippen LogP contribution in [0.4, 0.5) is 0 Å². The van der Waals surface area contributed by atoms with E-state index in [0.717, 1.165) is 5.56 Å². The average molecular weight is 298 g/mol. The van der Waals surface area contributed by atoms with Crippen molar-refractivity contribution in [3.63, 3.8) is 0 Å². The van der Waals surface area contributed by atoms with Gasteiger partial charge in [0, 0.05) is 12.5 Å². The predicted octanol–water partition coefficient (Wildman–Crippen LogP) is 1.43. The molecule has 20 heavy (non-hydrogen) atoms. The van der Waals surface area contributed by atoms with Crippen molar-refractivity contribution in [2.24, 2.45) is 11.1 Å². The molecule has 0 bridgehead atoms. The zero-order chi connectivity index (χ0) is 15.3. The molecule has 0 heterocycles. The first kappa shape index (κ1) is 16.7. The Morgan fingerprint density at radius 3 is 2.20 bits per heavy atom. The molecule has 5 nitrogen and oxygen atoms in total. The minimum Gasteiger partial charge on any atom is -0.353 e. The van der Waals surface area contributed by atoms with Crippen LogP contribution in [0.1, 0.15) is 32.8 Å². The van der Waals surface area contributed by atoms with Crippen LogP contribution in [-0.4, -0.2) is 20.4 Å². The molecule has 1 rings (SSSR count). The molecule has 6 heteroatoms. The molecule has 1 unspecified atom stereocenters. The topological polar surface area (TPSA) is 89.3 Å². The van der Waals surface area contributed by atoms with Crippen LogP contribution in [0.15, 0.2) is 29.2 Å². The van der Waals surface area contributed by atoms with Crippen molar-refractivity contribution in [3.05, 3.63) is 29.8 Å². The molecule has 0 spiro atoms. The summed E-state index contributed by atoms with van der Waals surface area (Å²) >= 11 is 0. The third-order valence-corrected chi connectivity index (χ3v) is 4.21. The maximum atomic E-state index is 11.7. The number of hydrogen-bond donors (Lipinski definition) is 2. The summed E-state index contributed by atoms with van der Waals surface area (Å²) in [6.07, 6.45) is 0.952. The number of primary sulfonamides is 1. The van der Waals surface area contributed by atoms with E-state index in [2.05, 4.69) is 19.2 Å². The van der Waals surface area contributed by atoms with E-state index in [4.69, 9.17) is 5.14 Å². The minimum absolute atomic E-state index is 0.00160. The zero-order valence-corrected chi connectivity index (χ0v) is 12.9. The van der Waals surface area contributed by atoms with E-state index < -0.39 is 10.0 Å². The largest absolute Gasteiger partial charge is 0.353 e. The second-order valence-electron chi connectivity index (χ2n) is 5.29. The van der Waals surface area contributed by atoms with Crippen LogP contribution >= 0.6 is 0 Å². The number of carbonyl (C=O) groups is 1. The van der Waals surface area contributed by atoms with Crippen LogP contribution in [0.5, 0.6) is 0 Å². The van der Waals surface area contributed by atoms with Crippen molar-refractivity contribution in [2.75, 3.05) is 0 Å². The second-order valence-corrected chi connectivity index (χ2v) is 6.85. The van der Waals surface area contributed by atoms with Gasteiger partial charge in [-0.05, 0) is 37.0 Å². The van der Waals surface area contributed by atoms with E-state index in [9.17, 15) is 13.2 Å². The summed E-state index contributed by atoms with van der Waals surface area (Å²) in [5, 5.41) is 7.95. The van der Waals surface area contributed by atoms with Crippen molar-refractivity contribution >= 4 is 15.9 Å². The molecule has 0 radical (unpaired) electrons. The molecule has 0 fully saturated rings. The summed E-state index contributed by atoms with van der Waals surface area (Å²) in [6, 6.07) is 6.42. The van der Waals surface area contributed by atoms with Gasteiger partial charge in [0.15, 0.2) is 0 Å². The Morgan fingerprint density at radius 1 is 1.20 bits per heavy atom. The van der Waals surface area contributed by atoms with Crippen LogP contribution in [0.3, 0.4) is 0 Å². The summed E-state index contributed by atoms with van der Waals surface area (Å²) in [5.74, 6) is 0.398. The monoisotopic (exact) mass is 298 g/mol. The van der Waals surface area contributed by atoms with E-state index in [1.807, 2.05) is 6.92 Å². The zero-order valence-electron chi connectivity index (χ0n) is 12.1. The van der Waals surface area contributed by atoms with Gasteiger partial charge >= 0.3 is 0 Å². The SMILES string of the molecule is CC(C)C(C)NC(=O)CCc1ccc(S(N)(=O)=O)cc1. The number of nitrogens with two attached hydrogens (primary N) is 1. The summed E-state index contributed by atoms with van der Waals surface area (Å²) in [5.41, 5.74) is 0.907. The van der Waals surface area contributed by atoms with E-state index >= 15 is 0 Å². The molecular weight excluding hydrogens is 276 g/mol. The van der Waals surface area contributed by atoms with Gasteiger partial charge in [-0.25, -0.2) is 13.6 Å². The standard InChI is InChI=1S/C14H22N2O3S/c1-10(2)11(3)16-14(17)9-6-12-4-7-13(8-5-12)20(15,18)19/h4-5,7-8,10-11H,6,9H2,1-3H3,(H,16,17)(H2,15,18,19). The maximum absolute atomic E-state index is 11.7. The summed E-state index contributed by atoms with van der Waals surface area (Å²) < 4.78 is 22.2. The number of sulfonamides is 1. The highest BCUT2D eigenvalue weighted by atomic mass is 32.2. The van der Waals surface area contributed by atoms with Crippen molar-refractivity contribution in [1.82, 2.24) is 5.32 Å². The van der Waals surface area contributed by atoms with Gasteiger partial charge in [0.25, 0.3) is 0 Å². The van der Waals surface area contributed by atoms with Gasteiger partial charge in [0.2, 0.25) is 15.9 Å². The van der Waals surface area contributed by atoms with E-state index in [-0.39, 0.29) is 16.8 Å². The van der Waals surface area contributed by atoms with Crippen LogP contribution in [-0.2, 0) is 21.2 Å². The Bertz CT molecular complexity index is 550. The van der Waals surface area contributed by atoms with Gasteiger partial charge in [-0.2, -0.15) is 0 Å². The molecule has 1 aromatic carbocycles. The fourth-order valence-electron chi connectivity index (χ4n) is 1.60. The van der Waals surface area contributed by atoms with E-state index in [1.165, 1.54) is 12.1 Å². The normalized spacial score (nSPS) is 13.2. The summed E-state index contributed by atoms with van der Waals surface area (Å²) in [4.78, 5) is 11.8. The van der Waals surface area contributed by atoms with Crippen molar-refractivity contribution < 1.29 is 13.2 Å². The van der Waals surface area contributed by atoms with Gasteiger partial charge in [0.05, 0.1) is 4.90 Å². The van der Waals surface area contributed by atoms with Crippen LogP contribution in [0.2, 0.25) is 0 Å². The molecule has 0 aliphatic heterocycles. The first-order chi connectivity index (χ1) is 9.20. The lowest BCUT2D eigenvalue weighted by Crippen LogP contribution is -2.36. The number of nitrogens with one attached hydrogen (secondary N) is 1. The maximum Gasteiger partial charge on any atom is 0.238 e. The quantitative estimate of drug-likeness (QED) is 0.832. The number of carbonyl (C=O) groups excluding carboxylic acids is 1. The summed E-state index contributed by atoms with van der Waals surface area (Å²) in [7, 11) is -3.66. The van der Waals surface area contributed by atoms with Gasteiger partial charge < -0.3 is 5.32 Å². The number of aryl methyl sites for hydroxylation is 1. The molecule has 0 aromatic heterocycles. The highest BCUT2D eigenvalue weighted by Gasteiger charge is 2.11. The van der Waals surface area contributed by atoms with Crippen molar-refractivity contribution in [3.8, 4) is 0 Å². The fourth-order valence-corrected chi connectivity index (χ4v) is 2.11. The third-order valence-electron chi connectivity index (χ3n) is 3.28. The van der Waals surface area contributed by atoms with Crippen LogP contribution < -0.4 is 10.5 Å². The third kappa shape index (κ3) is 5.30. The predicted molar refractivity (Wildman–Crippen MR) is 78.6 cm³/mol. The van der Waals surface area contributed by atoms with Gasteiger partial charge in [0.1, 0.15) is 0 Å². The average Bonchev–Trinajstić information content (AvgIpc) is 2.35. The lowest BCUT2D eigenvalue weighted by molar-refractivity contribution is -0.121. The highest BCUT2D eigenvalue weighted by molar-refractivity contribution is 7.89. The van der Waals surface area contributed by atoms with Crippen molar-refractivity contribution in [2.45, 2.75) is 44.6 Å². The highest BCUT2D eigenvalue weighted by Crippen LogP contribution is 2.10. The Hall–Kier alpha value is -1.40. The Labute approximate surface area is 120 Å². The molecule has 1 atom stereocenters. The fraction of sp³-hybridized carbons (Fsp3) is 0.500. The van der Waals surface area contributed by atoms with Gasteiger partial charge in [-0.1, -0.05) is 26.0 Å². The first-order valence-corrected chi connectivity index (χ1v) is 8.16. The molecule has 0 saturated heterocycles. The molecule has 1 amide bonds. The van der Waals surface area contributed by atoms with Gasteiger partial charge in [-0.3, -0.25) is 4.79 Å². The van der Waals surface area contributed by atoms with E-state index in [0.29, 0.717) is 18.8 Å². The lowest BCUT2D eigenvalue weighted by Gasteiger charge is -2.17. The second kappa shape index (κ2) is 6.85. The molecule has 0 aliphatic carbocycles. The Morgan fingerprint density at radius 2 is 1.75 bits per heavy atom. The number of hydrogen-bond acceptors (Lipinski definition) is 3. The smallest absolute Gasteiger partial charge is 0.238 e. The molecule has 1 aromatic rings. The number of rotatable bonds is 6. The lowest BCUT2D eigenvalue weighted by atomic mass is 10.1. The molecule has 112 valence electrons. The van der Waals surface area contributed by atoms with Gasteiger partial charge in [-0.15, -0.1) is 0 Å². The van der Waals surface area contributed by atoms with Crippen LogP contribution in [0, 0.1) is 5.92 Å².